The second-order valence-electron chi connectivity index (χ2n) is 8.40. The van der Waals surface area contributed by atoms with E-state index in [0.717, 1.165) is 18.2 Å². The van der Waals surface area contributed by atoms with Crippen molar-refractivity contribution in [2.75, 3.05) is 14.1 Å². The lowest BCUT2D eigenvalue weighted by molar-refractivity contribution is -0.152. The molecule has 3 nitrogen and oxygen atoms in total. The van der Waals surface area contributed by atoms with Crippen molar-refractivity contribution in [2.45, 2.75) is 38.8 Å². The van der Waals surface area contributed by atoms with Crippen molar-refractivity contribution in [3.8, 4) is 11.1 Å². The van der Waals surface area contributed by atoms with Crippen LogP contribution < -0.4 is 4.72 Å². The molecule has 0 bridgehead atoms. The fourth-order valence-corrected chi connectivity index (χ4v) is 4.29. The number of aromatic nitrogens is 1. The predicted molar refractivity (Wildman–Crippen MR) is 120 cm³/mol. The molecule has 0 spiro atoms. The Bertz CT molecular complexity index is 1100. The van der Waals surface area contributed by atoms with Crippen molar-refractivity contribution in [3.05, 3.63) is 59.8 Å². The highest BCUT2D eigenvalue weighted by Crippen LogP contribution is 2.41. The van der Waals surface area contributed by atoms with Gasteiger partial charge in [0, 0.05) is 41.3 Å². The van der Waals surface area contributed by atoms with Gasteiger partial charge in [0.1, 0.15) is 6.04 Å². The first kappa shape index (κ1) is 25.5. The van der Waals surface area contributed by atoms with Gasteiger partial charge in [-0.15, -0.1) is 0 Å². The SMILES string of the molecule is CC(C)Cn1cc(C(NSN(C)C)C(F)(F)F)c2ccc(-c3ccccc3C(F)(F)F)cc21. The van der Waals surface area contributed by atoms with Crippen molar-refractivity contribution in [2.24, 2.45) is 5.92 Å². The summed E-state index contributed by atoms with van der Waals surface area (Å²) in [5, 5.41) is 0.345. The Labute approximate surface area is 193 Å². The van der Waals surface area contributed by atoms with Crippen LogP contribution in [-0.2, 0) is 12.7 Å². The van der Waals surface area contributed by atoms with Gasteiger partial charge in [0.25, 0.3) is 0 Å². The van der Waals surface area contributed by atoms with Gasteiger partial charge in [-0.25, -0.2) is 9.03 Å². The largest absolute Gasteiger partial charge is 0.417 e. The highest BCUT2D eigenvalue weighted by molar-refractivity contribution is 7.95. The van der Waals surface area contributed by atoms with E-state index in [9.17, 15) is 26.3 Å². The topological polar surface area (TPSA) is 20.2 Å². The molecule has 1 heterocycles. The normalized spacial score (nSPS) is 13.9. The lowest BCUT2D eigenvalue weighted by atomic mass is 9.97. The van der Waals surface area contributed by atoms with E-state index in [-0.39, 0.29) is 17.0 Å². The van der Waals surface area contributed by atoms with E-state index in [1.807, 2.05) is 13.8 Å². The molecule has 180 valence electrons. The van der Waals surface area contributed by atoms with Crippen molar-refractivity contribution in [1.29, 1.82) is 0 Å². The standard InChI is InChI=1S/C23H25F6N3S/c1-14(2)12-32-13-18(21(23(27,28)29)30-33-31(3)4)17-10-9-15(11-20(17)32)16-7-5-6-8-19(16)22(24,25)26/h5-11,13-14,21,30H,12H2,1-4H3. The summed E-state index contributed by atoms with van der Waals surface area (Å²) < 4.78 is 88.2. The number of rotatable bonds is 7. The third kappa shape index (κ3) is 5.85. The fourth-order valence-electron chi connectivity index (χ4n) is 3.71. The second-order valence-corrected chi connectivity index (χ2v) is 9.55. The number of hydrogen-bond donors (Lipinski definition) is 1. The second kappa shape index (κ2) is 9.60. The molecule has 0 radical (unpaired) electrons. The summed E-state index contributed by atoms with van der Waals surface area (Å²) in [5.74, 6) is 0.119. The van der Waals surface area contributed by atoms with Crippen LogP contribution in [0.3, 0.4) is 0 Å². The molecule has 0 aliphatic rings. The third-order valence-electron chi connectivity index (χ3n) is 5.01. The summed E-state index contributed by atoms with van der Waals surface area (Å²) in [4.78, 5) is 0. The smallest absolute Gasteiger partial charge is 0.347 e. The summed E-state index contributed by atoms with van der Waals surface area (Å²) in [6, 6.07) is 7.71. The van der Waals surface area contributed by atoms with Gasteiger partial charge in [-0.1, -0.05) is 44.2 Å². The van der Waals surface area contributed by atoms with Gasteiger partial charge in [0.15, 0.2) is 0 Å². The molecule has 0 saturated carbocycles. The lowest BCUT2D eigenvalue weighted by Gasteiger charge is -2.22. The average molecular weight is 490 g/mol. The van der Waals surface area contributed by atoms with Gasteiger partial charge in [-0.2, -0.15) is 26.3 Å². The molecule has 0 fully saturated rings. The maximum atomic E-state index is 14.0. The molecule has 0 aliphatic heterocycles. The minimum absolute atomic E-state index is 0.0144. The van der Waals surface area contributed by atoms with Crippen molar-refractivity contribution in [1.82, 2.24) is 13.6 Å². The molecule has 0 saturated heterocycles. The minimum Gasteiger partial charge on any atom is -0.347 e. The minimum atomic E-state index is -4.57. The van der Waals surface area contributed by atoms with Gasteiger partial charge in [0.05, 0.1) is 5.56 Å². The van der Waals surface area contributed by atoms with Crippen LogP contribution in [0.1, 0.15) is 31.0 Å². The van der Waals surface area contributed by atoms with Crippen molar-refractivity contribution in [3.63, 3.8) is 0 Å². The summed E-state index contributed by atoms with van der Waals surface area (Å²) in [7, 11) is 3.25. The number of benzene rings is 2. The monoisotopic (exact) mass is 489 g/mol. The molecular formula is C23H25F6N3S. The zero-order valence-corrected chi connectivity index (χ0v) is 19.4. The van der Waals surface area contributed by atoms with Gasteiger partial charge in [0.2, 0.25) is 0 Å². The van der Waals surface area contributed by atoms with Crippen LogP contribution in [-0.4, -0.2) is 29.1 Å². The molecule has 10 heteroatoms. The first-order chi connectivity index (χ1) is 15.3. The van der Waals surface area contributed by atoms with Crippen molar-refractivity contribution >= 4 is 23.0 Å². The highest BCUT2D eigenvalue weighted by atomic mass is 32.2. The molecule has 0 amide bonds. The lowest BCUT2D eigenvalue weighted by Crippen LogP contribution is -2.32. The number of halogens is 6. The molecule has 3 rings (SSSR count). The number of alkyl halides is 6. The van der Waals surface area contributed by atoms with E-state index < -0.39 is 24.0 Å². The first-order valence-electron chi connectivity index (χ1n) is 10.2. The van der Waals surface area contributed by atoms with Crippen LogP contribution >= 0.6 is 12.1 Å². The average Bonchev–Trinajstić information content (AvgIpc) is 3.03. The van der Waals surface area contributed by atoms with Crippen LogP contribution in [0.25, 0.3) is 22.0 Å². The third-order valence-corrected chi connectivity index (χ3v) is 5.72. The summed E-state index contributed by atoms with van der Waals surface area (Å²) in [5.41, 5.74) is -0.0188. The molecule has 1 atom stereocenters. The fraction of sp³-hybridized carbons (Fsp3) is 0.391. The van der Waals surface area contributed by atoms with Crippen LogP contribution in [0.5, 0.6) is 0 Å². The highest BCUT2D eigenvalue weighted by Gasteiger charge is 2.42. The van der Waals surface area contributed by atoms with Crippen molar-refractivity contribution < 1.29 is 26.3 Å². The van der Waals surface area contributed by atoms with E-state index in [0.29, 0.717) is 23.0 Å². The molecule has 1 N–H and O–H groups in total. The van der Waals surface area contributed by atoms with E-state index >= 15 is 0 Å². The molecular weight excluding hydrogens is 464 g/mol. The Balaban J connectivity index is 2.20. The van der Waals surface area contributed by atoms with E-state index in [4.69, 9.17) is 0 Å². The molecule has 1 unspecified atom stereocenters. The molecule has 0 aliphatic carbocycles. The van der Waals surface area contributed by atoms with Gasteiger partial charge < -0.3 is 4.57 Å². The van der Waals surface area contributed by atoms with Crippen LogP contribution in [0.15, 0.2) is 48.7 Å². The summed E-state index contributed by atoms with van der Waals surface area (Å²) in [6.07, 6.45) is -7.67. The Morgan fingerprint density at radius 2 is 1.67 bits per heavy atom. The Morgan fingerprint density at radius 3 is 2.24 bits per heavy atom. The van der Waals surface area contributed by atoms with Gasteiger partial charge in [-0.3, -0.25) is 0 Å². The van der Waals surface area contributed by atoms with E-state index in [1.165, 1.54) is 46.9 Å². The molecule has 1 aromatic heterocycles. The number of nitrogens with one attached hydrogen (secondary N) is 1. The van der Waals surface area contributed by atoms with E-state index in [1.54, 1.807) is 18.7 Å². The van der Waals surface area contributed by atoms with E-state index in [2.05, 4.69) is 4.72 Å². The Kier molecular flexibility index (Phi) is 7.40. The maximum absolute atomic E-state index is 14.0. The van der Waals surface area contributed by atoms with Crippen LogP contribution in [0, 0.1) is 5.92 Å². The zero-order chi connectivity index (χ0) is 24.6. The first-order valence-corrected chi connectivity index (χ1v) is 11.0. The zero-order valence-electron chi connectivity index (χ0n) is 18.6. The van der Waals surface area contributed by atoms with Crippen LogP contribution in [0.4, 0.5) is 26.3 Å². The molecule has 33 heavy (non-hydrogen) atoms. The predicted octanol–water partition coefficient (Wildman–Crippen LogP) is 7.30. The Hall–Kier alpha value is -2.17. The molecule has 2 aromatic carbocycles. The number of fused-ring (bicyclic) bond motifs is 1. The summed E-state index contributed by atoms with van der Waals surface area (Å²) >= 11 is 0.827. The quantitative estimate of drug-likeness (QED) is 0.278. The van der Waals surface area contributed by atoms with Gasteiger partial charge >= 0.3 is 12.4 Å². The summed E-state index contributed by atoms with van der Waals surface area (Å²) in [6.45, 7) is 4.28. The van der Waals surface area contributed by atoms with Gasteiger partial charge in [-0.05, 0) is 43.3 Å². The maximum Gasteiger partial charge on any atom is 0.417 e. The number of nitrogens with zero attached hydrogens (tertiary/aromatic N) is 2. The van der Waals surface area contributed by atoms with Crippen LogP contribution in [0.2, 0.25) is 0 Å². The Morgan fingerprint density at radius 1 is 1.00 bits per heavy atom. The molecule has 3 aromatic rings. The number of hydrogen-bond acceptors (Lipinski definition) is 3.